The lowest BCUT2D eigenvalue weighted by molar-refractivity contribution is 0.0697. The predicted molar refractivity (Wildman–Crippen MR) is 129 cm³/mol. The molecule has 0 spiro atoms. The molecule has 0 saturated carbocycles. The molecule has 2 N–H and O–H groups in total. The van der Waals surface area contributed by atoms with Gasteiger partial charge in [-0.2, -0.15) is 0 Å². The van der Waals surface area contributed by atoms with Crippen molar-refractivity contribution in [1.29, 1.82) is 0 Å². The fourth-order valence-corrected chi connectivity index (χ4v) is 4.57. The molecule has 6 nitrogen and oxygen atoms in total. The molecule has 3 amide bonds. The molecule has 32 heavy (non-hydrogen) atoms. The number of carbonyl (C=O) groups excluding carboxylic acids is 2. The Balaban J connectivity index is 1.33. The average Bonchev–Trinajstić information content (AvgIpc) is 2.81. The predicted octanol–water partition coefficient (Wildman–Crippen LogP) is 4.66. The molecule has 2 aromatic carbocycles. The van der Waals surface area contributed by atoms with Crippen LogP contribution >= 0.6 is 0 Å². The normalized spacial score (nSPS) is 17.8. The van der Waals surface area contributed by atoms with Gasteiger partial charge in [0.1, 0.15) is 0 Å². The van der Waals surface area contributed by atoms with Gasteiger partial charge >= 0.3 is 6.03 Å². The third kappa shape index (κ3) is 5.42. The number of hydrogen-bond donors (Lipinski definition) is 2. The zero-order valence-electron chi connectivity index (χ0n) is 19.1. The molecule has 2 aromatic rings. The van der Waals surface area contributed by atoms with Crippen molar-refractivity contribution in [3.63, 3.8) is 0 Å². The van der Waals surface area contributed by atoms with E-state index in [1.165, 1.54) is 0 Å². The first-order valence-electron chi connectivity index (χ1n) is 11.8. The first-order valence-corrected chi connectivity index (χ1v) is 11.8. The van der Waals surface area contributed by atoms with Crippen molar-refractivity contribution in [3.8, 4) is 0 Å². The lowest BCUT2D eigenvalue weighted by atomic mass is 9.98. The number of para-hydroxylation sites is 1. The van der Waals surface area contributed by atoms with Crippen LogP contribution in [-0.4, -0.2) is 49.1 Å². The summed E-state index contributed by atoms with van der Waals surface area (Å²) in [5, 5.41) is 6.00. The molecule has 0 radical (unpaired) electrons. The molecular formula is C26H34N4O2. The number of carbonyl (C=O) groups is 2. The van der Waals surface area contributed by atoms with Gasteiger partial charge < -0.3 is 20.4 Å². The van der Waals surface area contributed by atoms with Crippen LogP contribution in [0.3, 0.4) is 0 Å². The maximum Gasteiger partial charge on any atom is 0.319 e. The minimum Gasteiger partial charge on any atom is -0.371 e. The van der Waals surface area contributed by atoms with Crippen LogP contribution in [0.2, 0.25) is 0 Å². The molecule has 2 heterocycles. The van der Waals surface area contributed by atoms with Gasteiger partial charge in [-0.05, 0) is 62.8 Å². The standard InChI is InChI=1S/C26H34N4O2/c1-19-7-9-21(10-8-19)27-26(32)28-22-13-17-29(18-14-22)24-6-4-3-5-23(24)25(31)30-15-11-20(2)12-16-30/h3-10,20,22H,11-18H2,1-2H3,(H2,27,28,32). The van der Waals surface area contributed by atoms with E-state index in [1.807, 2.05) is 54.3 Å². The summed E-state index contributed by atoms with van der Waals surface area (Å²) in [6.07, 6.45) is 3.86. The van der Waals surface area contributed by atoms with E-state index in [9.17, 15) is 9.59 Å². The van der Waals surface area contributed by atoms with Gasteiger partial charge in [-0.15, -0.1) is 0 Å². The first-order chi connectivity index (χ1) is 15.5. The number of hydrogen-bond acceptors (Lipinski definition) is 3. The highest BCUT2D eigenvalue weighted by atomic mass is 16.2. The van der Waals surface area contributed by atoms with Crippen LogP contribution in [0.4, 0.5) is 16.2 Å². The lowest BCUT2D eigenvalue weighted by Crippen LogP contribution is -2.46. The monoisotopic (exact) mass is 434 g/mol. The van der Waals surface area contributed by atoms with Crippen molar-refractivity contribution in [2.45, 2.75) is 45.6 Å². The smallest absolute Gasteiger partial charge is 0.319 e. The van der Waals surface area contributed by atoms with Gasteiger partial charge in [0.25, 0.3) is 5.91 Å². The number of urea groups is 1. The molecule has 170 valence electrons. The summed E-state index contributed by atoms with van der Waals surface area (Å²) in [5.41, 5.74) is 3.77. The molecule has 2 saturated heterocycles. The van der Waals surface area contributed by atoms with Gasteiger partial charge in [0.05, 0.1) is 5.56 Å². The SMILES string of the molecule is Cc1ccc(NC(=O)NC2CCN(c3ccccc3C(=O)N3CCC(C)CC3)CC2)cc1. The third-order valence-electron chi connectivity index (χ3n) is 6.69. The Morgan fingerprint density at radius 3 is 2.22 bits per heavy atom. The summed E-state index contributed by atoms with van der Waals surface area (Å²) in [4.78, 5) is 29.9. The van der Waals surface area contributed by atoms with E-state index < -0.39 is 0 Å². The summed E-state index contributed by atoms with van der Waals surface area (Å²) in [7, 11) is 0. The fourth-order valence-electron chi connectivity index (χ4n) is 4.57. The summed E-state index contributed by atoms with van der Waals surface area (Å²) >= 11 is 0. The Labute approximate surface area is 191 Å². The van der Waals surface area contributed by atoms with Gasteiger partial charge in [-0.25, -0.2) is 4.79 Å². The number of anilines is 2. The molecule has 0 unspecified atom stereocenters. The van der Waals surface area contributed by atoms with Crippen LogP contribution in [0.1, 0.15) is 48.5 Å². The van der Waals surface area contributed by atoms with E-state index in [1.54, 1.807) is 0 Å². The number of benzene rings is 2. The molecular weight excluding hydrogens is 400 g/mol. The lowest BCUT2D eigenvalue weighted by Gasteiger charge is -2.36. The van der Waals surface area contributed by atoms with Gasteiger partial charge in [-0.1, -0.05) is 36.8 Å². The van der Waals surface area contributed by atoms with Crippen molar-refractivity contribution in [2.24, 2.45) is 5.92 Å². The van der Waals surface area contributed by atoms with Crippen LogP contribution in [0.5, 0.6) is 0 Å². The number of nitrogens with one attached hydrogen (secondary N) is 2. The Morgan fingerprint density at radius 1 is 0.875 bits per heavy atom. The second-order valence-electron chi connectivity index (χ2n) is 9.22. The molecule has 2 fully saturated rings. The van der Waals surface area contributed by atoms with Crippen molar-refractivity contribution >= 4 is 23.3 Å². The van der Waals surface area contributed by atoms with Crippen molar-refractivity contribution in [1.82, 2.24) is 10.2 Å². The maximum atomic E-state index is 13.2. The molecule has 0 atom stereocenters. The van der Waals surface area contributed by atoms with Crippen molar-refractivity contribution < 1.29 is 9.59 Å². The third-order valence-corrected chi connectivity index (χ3v) is 6.69. The molecule has 2 aliphatic heterocycles. The molecule has 0 aromatic heterocycles. The van der Waals surface area contributed by atoms with Gasteiger partial charge in [0.15, 0.2) is 0 Å². The minimum absolute atomic E-state index is 0.128. The zero-order valence-corrected chi connectivity index (χ0v) is 19.1. The Kier molecular flexibility index (Phi) is 6.98. The van der Waals surface area contributed by atoms with E-state index in [0.29, 0.717) is 5.92 Å². The Hall–Kier alpha value is -3.02. The van der Waals surface area contributed by atoms with E-state index >= 15 is 0 Å². The molecule has 2 aliphatic rings. The number of likely N-dealkylation sites (tertiary alicyclic amines) is 1. The van der Waals surface area contributed by atoms with E-state index in [4.69, 9.17) is 0 Å². The molecule has 0 bridgehead atoms. The van der Waals surface area contributed by atoms with Gasteiger partial charge in [0.2, 0.25) is 0 Å². The highest BCUT2D eigenvalue weighted by Gasteiger charge is 2.27. The zero-order chi connectivity index (χ0) is 22.5. The number of amides is 3. The second kappa shape index (κ2) is 10.1. The van der Waals surface area contributed by atoms with Crippen LogP contribution in [0, 0.1) is 12.8 Å². The highest BCUT2D eigenvalue weighted by molar-refractivity contribution is 6.00. The molecule has 0 aliphatic carbocycles. The van der Waals surface area contributed by atoms with Crippen LogP contribution in [0.15, 0.2) is 48.5 Å². The van der Waals surface area contributed by atoms with Crippen LogP contribution < -0.4 is 15.5 Å². The number of rotatable bonds is 4. The summed E-state index contributed by atoms with van der Waals surface area (Å²) in [5.74, 6) is 0.842. The maximum absolute atomic E-state index is 13.2. The van der Waals surface area contributed by atoms with E-state index in [2.05, 4.69) is 28.5 Å². The topological polar surface area (TPSA) is 64.7 Å². The van der Waals surface area contributed by atoms with Crippen molar-refractivity contribution in [3.05, 3.63) is 59.7 Å². The summed E-state index contributed by atoms with van der Waals surface area (Å²) in [6, 6.07) is 15.7. The fraction of sp³-hybridized carbons (Fsp3) is 0.462. The Bertz CT molecular complexity index is 927. The van der Waals surface area contributed by atoms with Crippen LogP contribution in [0.25, 0.3) is 0 Å². The highest BCUT2D eigenvalue weighted by Crippen LogP contribution is 2.27. The number of aryl methyl sites for hydroxylation is 1. The summed E-state index contributed by atoms with van der Waals surface area (Å²) < 4.78 is 0. The van der Waals surface area contributed by atoms with Crippen LogP contribution in [-0.2, 0) is 0 Å². The minimum atomic E-state index is -0.165. The molecule has 6 heteroatoms. The number of piperidine rings is 2. The quantitative estimate of drug-likeness (QED) is 0.736. The van der Waals surface area contributed by atoms with E-state index in [0.717, 1.165) is 74.4 Å². The molecule has 4 rings (SSSR count). The second-order valence-corrected chi connectivity index (χ2v) is 9.22. The number of nitrogens with zero attached hydrogens (tertiary/aromatic N) is 2. The van der Waals surface area contributed by atoms with Gasteiger partial charge in [0, 0.05) is 43.6 Å². The summed E-state index contributed by atoms with van der Waals surface area (Å²) in [6.45, 7) is 7.60. The Morgan fingerprint density at radius 2 is 1.53 bits per heavy atom. The first kappa shape index (κ1) is 22.2. The largest absolute Gasteiger partial charge is 0.371 e. The van der Waals surface area contributed by atoms with E-state index in [-0.39, 0.29) is 18.0 Å². The van der Waals surface area contributed by atoms with Gasteiger partial charge in [-0.3, -0.25) is 4.79 Å². The van der Waals surface area contributed by atoms with Crippen molar-refractivity contribution in [2.75, 3.05) is 36.4 Å². The average molecular weight is 435 g/mol.